The third-order valence-corrected chi connectivity index (χ3v) is 4.33. The Morgan fingerprint density at radius 2 is 1.65 bits per heavy atom. The third-order valence-electron chi connectivity index (χ3n) is 3.74. The summed E-state index contributed by atoms with van der Waals surface area (Å²) in [4.78, 5) is 26.3. The lowest BCUT2D eigenvalue weighted by Crippen LogP contribution is -2.31. The highest BCUT2D eigenvalue weighted by Gasteiger charge is 2.39. The van der Waals surface area contributed by atoms with Crippen LogP contribution in [0.5, 0.6) is 0 Å². The first-order valence-electron chi connectivity index (χ1n) is 7.02. The number of anilines is 1. The van der Waals surface area contributed by atoms with Crippen LogP contribution in [-0.4, -0.2) is 11.8 Å². The maximum Gasteiger partial charge on any atom is 0.277 e. The lowest BCUT2D eigenvalue weighted by Gasteiger charge is -2.15. The zero-order valence-electron chi connectivity index (χ0n) is 12.6. The molecule has 0 bridgehead atoms. The van der Waals surface area contributed by atoms with Gasteiger partial charge in [-0.3, -0.25) is 9.59 Å². The van der Waals surface area contributed by atoms with Gasteiger partial charge in [0.1, 0.15) is 5.03 Å². The molecule has 1 aliphatic heterocycles. The largest absolute Gasteiger partial charge is 0.277 e. The molecule has 5 heteroatoms. The molecule has 0 spiro atoms. The summed E-state index contributed by atoms with van der Waals surface area (Å²) in [6.07, 6.45) is 0. The number of hydrogen-bond donors (Lipinski definition) is 0. The molecule has 0 aliphatic carbocycles. The minimum Gasteiger partial charge on any atom is -0.268 e. The van der Waals surface area contributed by atoms with Crippen molar-refractivity contribution in [2.45, 2.75) is 13.8 Å². The molecular weight excluding hydrogens is 333 g/mol. The van der Waals surface area contributed by atoms with Crippen molar-refractivity contribution in [2.24, 2.45) is 0 Å². The standard InChI is InChI=1S/C18H13Cl2NO2/c1-10-6-7-14(11(2)8-10)15-16(20)18(23)21(17(15)22)13-5-3-4-12(19)9-13/h3-9H,1-2H3. The zero-order chi connectivity index (χ0) is 16.7. The van der Waals surface area contributed by atoms with Crippen molar-refractivity contribution < 1.29 is 9.59 Å². The summed E-state index contributed by atoms with van der Waals surface area (Å²) in [5, 5.41) is 0.376. The van der Waals surface area contributed by atoms with Crippen molar-refractivity contribution in [1.82, 2.24) is 0 Å². The van der Waals surface area contributed by atoms with Gasteiger partial charge in [0.05, 0.1) is 11.3 Å². The van der Waals surface area contributed by atoms with Gasteiger partial charge in [-0.1, -0.05) is 53.0 Å². The monoisotopic (exact) mass is 345 g/mol. The number of carbonyl (C=O) groups excluding carboxylic acids is 2. The molecule has 0 saturated carbocycles. The molecule has 23 heavy (non-hydrogen) atoms. The van der Waals surface area contributed by atoms with E-state index in [-0.39, 0.29) is 10.6 Å². The maximum atomic E-state index is 12.8. The predicted molar refractivity (Wildman–Crippen MR) is 92.6 cm³/mol. The third kappa shape index (κ3) is 2.67. The Morgan fingerprint density at radius 3 is 2.30 bits per heavy atom. The zero-order valence-corrected chi connectivity index (χ0v) is 14.1. The summed E-state index contributed by atoms with van der Waals surface area (Å²) >= 11 is 12.1. The average molecular weight is 346 g/mol. The van der Waals surface area contributed by atoms with Gasteiger partial charge in [-0.25, -0.2) is 4.90 Å². The normalized spacial score (nSPS) is 14.9. The highest BCUT2D eigenvalue weighted by atomic mass is 35.5. The second-order valence-electron chi connectivity index (χ2n) is 5.43. The van der Waals surface area contributed by atoms with Crippen LogP contribution in [-0.2, 0) is 9.59 Å². The van der Waals surface area contributed by atoms with E-state index in [9.17, 15) is 9.59 Å². The van der Waals surface area contributed by atoms with Crippen molar-refractivity contribution in [3.63, 3.8) is 0 Å². The topological polar surface area (TPSA) is 37.4 Å². The minimum absolute atomic E-state index is 0.0677. The number of nitrogens with zero attached hydrogens (tertiary/aromatic N) is 1. The highest BCUT2D eigenvalue weighted by Crippen LogP contribution is 2.36. The minimum atomic E-state index is -0.533. The summed E-state index contributed by atoms with van der Waals surface area (Å²) in [6, 6.07) is 12.2. The van der Waals surface area contributed by atoms with Crippen LogP contribution < -0.4 is 4.90 Å². The molecule has 3 nitrogen and oxygen atoms in total. The number of hydrogen-bond acceptors (Lipinski definition) is 2. The first kappa shape index (κ1) is 15.8. The van der Waals surface area contributed by atoms with Crippen molar-refractivity contribution >= 4 is 46.3 Å². The molecule has 0 unspecified atom stereocenters. The van der Waals surface area contributed by atoms with Crippen LogP contribution in [0, 0.1) is 13.8 Å². The molecule has 2 amide bonds. The number of amides is 2. The van der Waals surface area contributed by atoms with Gasteiger partial charge in [-0.05, 0) is 43.2 Å². The van der Waals surface area contributed by atoms with Crippen LogP contribution in [0.15, 0.2) is 47.5 Å². The molecule has 0 radical (unpaired) electrons. The molecule has 0 saturated heterocycles. The van der Waals surface area contributed by atoms with Crippen molar-refractivity contribution in [3.05, 3.63) is 69.2 Å². The second kappa shape index (κ2) is 5.84. The number of halogens is 2. The van der Waals surface area contributed by atoms with Crippen LogP contribution in [0.25, 0.3) is 5.57 Å². The van der Waals surface area contributed by atoms with E-state index >= 15 is 0 Å². The number of carbonyl (C=O) groups is 2. The smallest absolute Gasteiger partial charge is 0.268 e. The quantitative estimate of drug-likeness (QED) is 0.752. The number of imide groups is 1. The van der Waals surface area contributed by atoms with Crippen molar-refractivity contribution in [3.8, 4) is 0 Å². The Kier molecular flexibility index (Phi) is 4.00. The second-order valence-corrected chi connectivity index (χ2v) is 6.25. The summed E-state index contributed by atoms with van der Waals surface area (Å²) in [6.45, 7) is 3.85. The van der Waals surface area contributed by atoms with Gasteiger partial charge in [0.2, 0.25) is 0 Å². The van der Waals surface area contributed by atoms with E-state index in [0.717, 1.165) is 16.0 Å². The van der Waals surface area contributed by atoms with Crippen LogP contribution in [0.4, 0.5) is 5.69 Å². The summed E-state index contributed by atoms with van der Waals surface area (Å²) < 4.78 is 0. The lowest BCUT2D eigenvalue weighted by molar-refractivity contribution is -0.119. The van der Waals surface area contributed by atoms with E-state index in [4.69, 9.17) is 23.2 Å². The first-order valence-corrected chi connectivity index (χ1v) is 7.77. The Balaban J connectivity index is 2.10. The number of rotatable bonds is 2. The van der Waals surface area contributed by atoms with E-state index < -0.39 is 11.8 Å². The molecule has 0 atom stereocenters. The fourth-order valence-electron chi connectivity index (χ4n) is 2.68. The fourth-order valence-corrected chi connectivity index (χ4v) is 3.13. The van der Waals surface area contributed by atoms with Gasteiger partial charge in [-0.15, -0.1) is 0 Å². The molecule has 1 heterocycles. The SMILES string of the molecule is Cc1ccc(C2=C(Cl)C(=O)N(c3cccc(Cl)c3)C2=O)c(C)c1. The predicted octanol–water partition coefficient (Wildman–Crippen LogP) is 4.48. The van der Waals surface area contributed by atoms with Gasteiger partial charge in [0.15, 0.2) is 0 Å². The molecule has 1 aliphatic rings. The Hall–Kier alpha value is -2.10. The highest BCUT2D eigenvalue weighted by molar-refractivity contribution is 6.60. The Labute approximate surface area is 144 Å². The van der Waals surface area contributed by atoms with E-state index in [2.05, 4.69) is 0 Å². The number of aryl methyl sites for hydroxylation is 2. The maximum absolute atomic E-state index is 12.8. The summed E-state index contributed by atoms with van der Waals surface area (Å²) in [5.41, 5.74) is 3.28. The van der Waals surface area contributed by atoms with Gasteiger partial charge in [0, 0.05) is 5.02 Å². The molecular formula is C18H13Cl2NO2. The van der Waals surface area contributed by atoms with Crippen LogP contribution in [0.1, 0.15) is 16.7 Å². The first-order chi connectivity index (χ1) is 10.9. The molecule has 0 N–H and O–H groups in total. The molecule has 0 aromatic heterocycles. The Bertz CT molecular complexity index is 871. The van der Waals surface area contributed by atoms with Crippen LogP contribution in [0.2, 0.25) is 5.02 Å². The Morgan fingerprint density at radius 1 is 0.913 bits per heavy atom. The van der Waals surface area contributed by atoms with Gasteiger partial charge < -0.3 is 0 Å². The van der Waals surface area contributed by atoms with Gasteiger partial charge in [-0.2, -0.15) is 0 Å². The molecule has 3 rings (SSSR count). The van der Waals surface area contributed by atoms with Crippen molar-refractivity contribution in [2.75, 3.05) is 4.90 Å². The number of benzene rings is 2. The van der Waals surface area contributed by atoms with E-state index in [1.807, 2.05) is 32.0 Å². The fraction of sp³-hybridized carbons (Fsp3) is 0.111. The molecule has 0 fully saturated rings. The van der Waals surface area contributed by atoms with Gasteiger partial charge >= 0.3 is 0 Å². The van der Waals surface area contributed by atoms with E-state index in [1.54, 1.807) is 24.3 Å². The van der Waals surface area contributed by atoms with E-state index in [1.165, 1.54) is 0 Å². The summed E-state index contributed by atoms with van der Waals surface area (Å²) in [5.74, 6) is -0.969. The molecule has 2 aromatic carbocycles. The van der Waals surface area contributed by atoms with Gasteiger partial charge in [0.25, 0.3) is 11.8 Å². The van der Waals surface area contributed by atoms with Crippen molar-refractivity contribution in [1.29, 1.82) is 0 Å². The van der Waals surface area contributed by atoms with Crippen LogP contribution in [0.3, 0.4) is 0 Å². The molecule has 116 valence electrons. The lowest BCUT2D eigenvalue weighted by atomic mass is 9.99. The molecule has 2 aromatic rings. The van der Waals surface area contributed by atoms with E-state index in [0.29, 0.717) is 16.3 Å². The average Bonchev–Trinajstić information content (AvgIpc) is 2.70. The summed E-state index contributed by atoms with van der Waals surface area (Å²) in [7, 11) is 0. The van der Waals surface area contributed by atoms with Crippen LogP contribution >= 0.6 is 23.2 Å².